The predicted molar refractivity (Wildman–Crippen MR) is 62.8 cm³/mol. The predicted octanol–water partition coefficient (Wildman–Crippen LogP) is 2.70. The Kier molecular flexibility index (Phi) is 3.54. The van der Waals surface area contributed by atoms with Crippen molar-refractivity contribution in [2.45, 2.75) is 45.2 Å². The van der Waals surface area contributed by atoms with E-state index in [1.165, 1.54) is 18.2 Å². The van der Waals surface area contributed by atoms with Crippen molar-refractivity contribution >= 4 is 0 Å². The topological polar surface area (TPSA) is 58.9 Å². The zero-order chi connectivity index (χ0) is 12.4. The highest BCUT2D eigenvalue weighted by atomic mass is 16.7. The third-order valence-corrected chi connectivity index (χ3v) is 2.99. The van der Waals surface area contributed by atoms with Gasteiger partial charge in [0.05, 0.1) is 17.8 Å². The molecule has 1 aliphatic heterocycles. The van der Waals surface area contributed by atoms with Crippen molar-refractivity contribution in [3.8, 4) is 11.5 Å². The number of phenolic OH excluding ortho intramolecular Hbond substituents is 2. The molecule has 0 amide bonds. The smallest absolute Gasteiger partial charge is 0.188 e. The standard InChI is InChI=1S/C13H18O4/c1-3-10-6-8(2)16-13(17-10)11-7-9(14)4-5-12(11)15/h4-5,7-8,10,13-15H,3,6H2,1-2H3. The van der Waals surface area contributed by atoms with Gasteiger partial charge in [-0.25, -0.2) is 0 Å². The van der Waals surface area contributed by atoms with E-state index in [1.54, 1.807) is 0 Å². The van der Waals surface area contributed by atoms with E-state index in [0.29, 0.717) is 5.56 Å². The molecule has 17 heavy (non-hydrogen) atoms. The third-order valence-electron chi connectivity index (χ3n) is 2.99. The van der Waals surface area contributed by atoms with Crippen molar-refractivity contribution in [3.63, 3.8) is 0 Å². The van der Waals surface area contributed by atoms with Crippen LogP contribution in [0.15, 0.2) is 18.2 Å². The summed E-state index contributed by atoms with van der Waals surface area (Å²) in [5.74, 6) is 0.174. The largest absolute Gasteiger partial charge is 0.508 e. The Bertz CT molecular complexity index is 391. The fourth-order valence-electron chi connectivity index (χ4n) is 2.04. The summed E-state index contributed by atoms with van der Waals surface area (Å²) in [7, 11) is 0. The zero-order valence-electron chi connectivity index (χ0n) is 10.1. The minimum atomic E-state index is -0.601. The van der Waals surface area contributed by atoms with Crippen LogP contribution in [-0.2, 0) is 9.47 Å². The number of hydrogen-bond donors (Lipinski definition) is 2. The monoisotopic (exact) mass is 238 g/mol. The van der Waals surface area contributed by atoms with Crippen LogP contribution in [0.1, 0.15) is 38.5 Å². The number of rotatable bonds is 2. The number of aromatic hydroxyl groups is 2. The SMILES string of the molecule is CCC1CC(C)OC(c2cc(O)ccc2O)O1. The maximum atomic E-state index is 9.76. The van der Waals surface area contributed by atoms with Crippen LogP contribution < -0.4 is 0 Å². The van der Waals surface area contributed by atoms with E-state index in [-0.39, 0.29) is 23.7 Å². The second-order valence-corrected chi connectivity index (χ2v) is 4.42. The van der Waals surface area contributed by atoms with Crippen molar-refractivity contribution < 1.29 is 19.7 Å². The van der Waals surface area contributed by atoms with Crippen LogP contribution in [-0.4, -0.2) is 22.4 Å². The molecule has 0 saturated carbocycles. The molecule has 1 aromatic carbocycles. The van der Waals surface area contributed by atoms with Gasteiger partial charge in [-0.1, -0.05) is 6.92 Å². The molecule has 2 rings (SSSR count). The van der Waals surface area contributed by atoms with Gasteiger partial charge < -0.3 is 19.7 Å². The molecule has 0 radical (unpaired) electrons. The molecule has 0 aromatic heterocycles. The highest BCUT2D eigenvalue weighted by molar-refractivity contribution is 5.39. The molecule has 3 atom stereocenters. The van der Waals surface area contributed by atoms with Crippen LogP contribution >= 0.6 is 0 Å². The second-order valence-electron chi connectivity index (χ2n) is 4.42. The molecule has 3 unspecified atom stereocenters. The minimum absolute atomic E-state index is 0.0803. The lowest BCUT2D eigenvalue weighted by atomic mass is 10.1. The van der Waals surface area contributed by atoms with Crippen molar-refractivity contribution in [3.05, 3.63) is 23.8 Å². The normalized spacial score (nSPS) is 29.2. The van der Waals surface area contributed by atoms with Gasteiger partial charge in [0.25, 0.3) is 0 Å². The molecular weight excluding hydrogens is 220 g/mol. The van der Waals surface area contributed by atoms with Gasteiger partial charge in [0.15, 0.2) is 6.29 Å². The van der Waals surface area contributed by atoms with E-state index in [9.17, 15) is 10.2 Å². The summed E-state index contributed by atoms with van der Waals surface area (Å²) in [5, 5.41) is 19.2. The van der Waals surface area contributed by atoms with Crippen LogP contribution in [0.2, 0.25) is 0 Å². The Labute approximate surface area is 101 Å². The Hall–Kier alpha value is -1.26. The van der Waals surface area contributed by atoms with Crippen LogP contribution in [0.25, 0.3) is 0 Å². The maximum Gasteiger partial charge on any atom is 0.188 e. The van der Waals surface area contributed by atoms with E-state index in [2.05, 4.69) is 6.92 Å². The molecule has 1 aliphatic rings. The Morgan fingerprint density at radius 2 is 2.06 bits per heavy atom. The summed E-state index contributed by atoms with van der Waals surface area (Å²) in [6, 6.07) is 4.35. The van der Waals surface area contributed by atoms with E-state index >= 15 is 0 Å². The summed E-state index contributed by atoms with van der Waals surface area (Å²) < 4.78 is 11.4. The Morgan fingerprint density at radius 1 is 1.29 bits per heavy atom. The fraction of sp³-hybridized carbons (Fsp3) is 0.538. The average Bonchev–Trinajstić information content (AvgIpc) is 2.31. The molecule has 1 aromatic rings. The number of benzene rings is 1. The highest BCUT2D eigenvalue weighted by Gasteiger charge is 2.29. The highest BCUT2D eigenvalue weighted by Crippen LogP contribution is 2.36. The maximum absolute atomic E-state index is 9.76. The molecule has 0 spiro atoms. The Balaban J connectivity index is 2.23. The second kappa shape index (κ2) is 4.94. The first kappa shape index (κ1) is 12.2. The molecule has 0 aliphatic carbocycles. The Morgan fingerprint density at radius 3 is 2.76 bits per heavy atom. The van der Waals surface area contributed by atoms with Gasteiger partial charge >= 0.3 is 0 Å². The first-order valence-electron chi connectivity index (χ1n) is 5.93. The molecular formula is C13H18O4. The number of phenols is 2. The lowest BCUT2D eigenvalue weighted by Crippen LogP contribution is -2.31. The van der Waals surface area contributed by atoms with Gasteiger partial charge in [-0.3, -0.25) is 0 Å². The average molecular weight is 238 g/mol. The number of ether oxygens (including phenoxy) is 2. The van der Waals surface area contributed by atoms with E-state index in [4.69, 9.17) is 9.47 Å². The summed E-state index contributed by atoms with van der Waals surface area (Å²) in [5.41, 5.74) is 0.481. The van der Waals surface area contributed by atoms with Gasteiger partial charge in [-0.05, 0) is 38.0 Å². The molecule has 4 heteroatoms. The molecule has 0 bridgehead atoms. The van der Waals surface area contributed by atoms with Crippen molar-refractivity contribution in [1.29, 1.82) is 0 Å². The van der Waals surface area contributed by atoms with Gasteiger partial charge in [0.1, 0.15) is 11.5 Å². The summed E-state index contributed by atoms with van der Waals surface area (Å²) in [4.78, 5) is 0. The minimum Gasteiger partial charge on any atom is -0.508 e. The quantitative estimate of drug-likeness (QED) is 0.778. The molecule has 94 valence electrons. The zero-order valence-corrected chi connectivity index (χ0v) is 10.1. The molecule has 1 heterocycles. The summed E-state index contributed by atoms with van der Waals surface area (Å²) >= 11 is 0. The molecule has 1 fully saturated rings. The molecule has 4 nitrogen and oxygen atoms in total. The third kappa shape index (κ3) is 2.70. The lowest BCUT2D eigenvalue weighted by molar-refractivity contribution is -0.244. The van der Waals surface area contributed by atoms with E-state index in [1.807, 2.05) is 6.92 Å². The number of hydrogen-bond acceptors (Lipinski definition) is 4. The van der Waals surface area contributed by atoms with Crippen molar-refractivity contribution in [2.75, 3.05) is 0 Å². The first-order chi connectivity index (χ1) is 8.10. The van der Waals surface area contributed by atoms with Gasteiger partial charge in [0.2, 0.25) is 0 Å². The van der Waals surface area contributed by atoms with Gasteiger partial charge in [0, 0.05) is 0 Å². The van der Waals surface area contributed by atoms with Gasteiger partial charge in [-0.2, -0.15) is 0 Å². The van der Waals surface area contributed by atoms with Crippen molar-refractivity contribution in [2.24, 2.45) is 0 Å². The van der Waals surface area contributed by atoms with E-state index in [0.717, 1.165) is 12.8 Å². The van der Waals surface area contributed by atoms with Crippen LogP contribution in [0.5, 0.6) is 11.5 Å². The molecule has 1 saturated heterocycles. The summed E-state index contributed by atoms with van der Waals surface area (Å²) in [6.07, 6.45) is 1.37. The van der Waals surface area contributed by atoms with E-state index < -0.39 is 6.29 Å². The van der Waals surface area contributed by atoms with Gasteiger partial charge in [-0.15, -0.1) is 0 Å². The van der Waals surface area contributed by atoms with Crippen LogP contribution in [0.3, 0.4) is 0 Å². The lowest BCUT2D eigenvalue weighted by Gasteiger charge is -2.34. The fourth-order valence-corrected chi connectivity index (χ4v) is 2.04. The van der Waals surface area contributed by atoms with Crippen molar-refractivity contribution in [1.82, 2.24) is 0 Å². The molecule has 2 N–H and O–H groups in total. The van der Waals surface area contributed by atoms with Crippen LogP contribution in [0, 0.1) is 0 Å². The summed E-state index contributed by atoms with van der Waals surface area (Å²) in [6.45, 7) is 4.04. The first-order valence-corrected chi connectivity index (χ1v) is 5.93. The van der Waals surface area contributed by atoms with Crippen LogP contribution in [0.4, 0.5) is 0 Å².